The number of benzene rings is 4. The minimum Gasteiger partial charge on any atom is -0.386 e. The summed E-state index contributed by atoms with van der Waals surface area (Å²) >= 11 is 5.11. The van der Waals surface area contributed by atoms with Crippen molar-refractivity contribution < 1.29 is 73.0 Å². The van der Waals surface area contributed by atoms with Gasteiger partial charge in [-0.3, -0.25) is 19.6 Å². The van der Waals surface area contributed by atoms with Crippen LogP contribution in [0.25, 0.3) is 0 Å². The number of hydrogen-bond donors (Lipinski definition) is 4. The summed E-state index contributed by atoms with van der Waals surface area (Å²) in [6, 6.07) is 46.2. The van der Waals surface area contributed by atoms with E-state index in [1.165, 1.54) is 45.3 Å². The number of nitrogens with zero attached hydrogens (tertiary/aromatic N) is 12. The van der Waals surface area contributed by atoms with Crippen molar-refractivity contribution in [1.82, 2.24) is 36.8 Å². The molecule has 0 saturated carbocycles. The van der Waals surface area contributed by atoms with Gasteiger partial charge in [-0.2, -0.15) is 17.2 Å². The summed E-state index contributed by atoms with van der Waals surface area (Å²) in [5, 5.41) is 48.6. The highest BCUT2D eigenvalue weighted by molar-refractivity contribution is 7.92. The molecule has 20 rings (SSSR count). The van der Waals surface area contributed by atoms with E-state index in [0.29, 0.717) is 144 Å². The molecule has 4 N–H and O–H groups in total. The van der Waals surface area contributed by atoms with Gasteiger partial charge >= 0.3 is 0 Å². The van der Waals surface area contributed by atoms with Crippen molar-refractivity contribution >= 4 is 108 Å². The predicted octanol–water partition coefficient (Wildman–Crippen LogP) is 10.9. The van der Waals surface area contributed by atoms with Crippen LogP contribution in [-0.4, -0.2) is 321 Å². The van der Waals surface area contributed by atoms with Crippen LogP contribution in [0.3, 0.4) is 0 Å². The van der Waals surface area contributed by atoms with Gasteiger partial charge in [-0.15, -0.1) is 45.3 Å². The number of fused-ring (bicyclic) bond motifs is 8. The van der Waals surface area contributed by atoms with Gasteiger partial charge in [0, 0.05) is 180 Å². The molecule has 720 valence electrons. The average molecular weight is 1970 g/mol. The Bertz CT molecular complexity index is 4840. The van der Waals surface area contributed by atoms with Crippen molar-refractivity contribution in [1.29, 1.82) is 0 Å². The van der Waals surface area contributed by atoms with Crippen LogP contribution in [-0.2, 0) is 81.4 Å². The number of hydrogen-bond acceptors (Lipinski definition) is 28. The number of morpholine rings is 4. The largest absolute Gasteiger partial charge is 0.386 e. The summed E-state index contributed by atoms with van der Waals surface area (Å²) < 4.78 is 138. The number of rotatable bonds is 24. The van der Waals surface area contributed by atoms with Gasteiger partial charge in [-0.25, -0.2) is 33.7 Å². The van der Waals surface area contributed by atoms with Crippen molar-refractivity contribution in [2.45, 2.75) is 219 Å². The van der Waals surface area contributed by atoms with E-state index in [4.69, 9.17) is 18.9 Å². The lowest BCUT2D eigenvalue weighted by Crippen LogP contribution is -2.59. The molecule has 8 unspecified atom stereocenters. The Morgan fingerprint density at radius 2 is 0.439 bits per heavy atom. The van der Waals surface area contributed by atoms with Crippen LogP contribution >= 0.6 is 45.3 Å². The molecule has 8 bridgehead atoms. The van der Waals surface area contributed by atoms with Gasteiger partial charge in [0.25, 0.3) is 40.1 Å². The van der Waals surface area contributed by atoms with Gasteiger partial charge in [0.2, 0.25) is 0 Å². The predicted molar refractivity (Wildman–Crippen MR) is 521 cm³/mol. The van der Waals surface area contributed by atoms with E-state index < -0.39 is 62.5 Å². The van der Waals surface area contributed by atoms with Crippen LogP contribution < -0.4 is 19.6 Å². The maximum Gasteiger partial charge on any atom is 0.252 e. The lowest BCUT2D eigenvalue weighted by molar-refractivity contribution is -0.0407. The van der Waals surface area contributed by atoms with Crippen molar-refractivity contribution in [3.63, 3.8) is 0 Å². The fraction of sp³-hybridized carbons (Fsp3) is 0.583. The molecule has 0 amide bonds. The summed E-state index contributed by atoms with van der Waals surface area (Å²) in [5.41, 5.74) is 4.18. The molecule has 8 aromatic rings. The fourth-order valence-electron chi connectivity index (χ4n) is 21.1. The van der Waals surface area contributed by atoms with Gasteiger partial charge < -0.3 is 59.0 Å². The van der Waals surface area contributed by atoms with Gasteiger partial charge in [0.1, 0.15) is 16.8 Å². The zero-order valence-corrected chi connectivity index (χ0v) is 83.6. The number of anilines is 4. The van der Waals surface area contributed by atoms with E-state index in [1.54, 1.807) is 121 Å². The Hall–Kier alpha value is -5.96. The zero-order valence-electron chi connectivity index (χ0n) is 77.0. The highest BCUT2D eigenvalue weighted by atomic mass is 32.3. The van der Waals surface area contributed by atoms with Gasteiger partial charge in [0.15, 0.2) is 0 Å². The van der Waals surface area contributed by atoms with Gasteiger partial charge in [-0.1, -0.05) is 72.8 Å². The second-order valence-corrected chi connectivity index (χ2v) is 52.1. The molecule has 12 aliphatic rings. The van der Waals surface area contributed by atoms with Crippen LogP contribution in [0.4, 0.5) is 22.7 Å². The maximum atomic E-state index is 13.3. The molecule has 4 aromatic heterocycles. The summed E-state index contributed by atoms with van der Waals surface area (Å²) in [6.07, 6.45) is 11.4. The van der Waals surface area contributed by atoms with Crippen LogP contribution in [0, 0.1) is 0 Å². The first kappa shape index (κ1) is 97.7. The fourth-order valence-corrected chi connectivity index (χ4v) is 31.6. The average Bonchev–Trinajstić information content (AvgIpc) is 1.15. The number of thiophene rings is 4. The molecule has 0 radical (unpaired) electrons. The normalized spacial score (nSPS) is 27.2. The third-order valence-corrected chi connectivity index (χ3v) is 41.1. The van der Waals surface area contributed by atoms with E-state index in [9.17, 15) is 54.1 Å². The van der Waals surface area contributed by atoms with Crippen LogP contribution in [0.1, 0.15) is 129 Å². The monoisotopic (exact) mass is 1960 g/mol. The molecule has 28 nitrogen and oxygen atoms in total. The molecule has 12 saturated heterocycles. The third-order valence-electron chi connectivity index (χ3n) is 28.1. The zero-order chi connectivity index (χ0) is 92.9. The highest BCUT2D eigenvalue weighted by Gasteiger charge is 2.46. The van der Waals surface area contributed by atoms with Crippen molar-refractivity contribution in [3.8, 4) is 0 Å². The Labute approximate surface area is 797 Å². The number of piperazine rings is 4. The standard InChI is InChI=1S/4C24H33N3O4S2/c4*1-24(2,28)18-5-7-19(8-6-18)27-12-11-26(33(29,30)23-4-3-13-32-23)15-20(27)14-25-16-21-9-10-22(17-25)31-21/h4*3-8,13,20-22,28H,9-12,14-17H2,1-2H3/t4*20-,21?,22?/m1100/s1. The Morgan fingerprint density at radius 1 is 0.265 bits per heavy atom. The first-order valence-corrected chi connectivity index (χ1v) is 56.1. The minimum atomic E-state index is -3.48. The molecule has 16 heterocycles. The second kappa shape index (κ2) is 40.5. The Morgan fingerprint density at radius 3 is 0.591 bits per heavy atom. The molecular weight excluding hydrogens is 1830 g/mol. The number of aliphatic hydroxyl groups is 4. The van der Waals surface area contributed by atoms with Crippen LogP contribution in [0.2, 0.25) is 0 Å². The van der Waals surface area contributed by atoms with Crippen molar-refractivity contribution in [2.75, 3.05) is 177 Å². The Kier molecular flexibility index (Phi) is 29.9. The molecule has 36 heteroatoms. The molecule has 4 aromatic carbocycles. The smallest absolute Gasteiger partial charge is 0.252 e. The lowest BCUT2D eigenvalue weighted by atomic mass is 9.98. The van der Waals surface area contributed by atoms with Crippen molar-refractivity contribution in [3.05, 3.63) is 189 Å². The van der Waals surface area contributed by atoms with E-state index in [-0.39, 0.29) is 24.2 Å². The summed E-state index contributed by atoms with van der Waals surface area (Å²) in [6.45, 7) is 31.0. The van der Waals surface area contributed by atoms with E-state index in [0.717, 1.165) is 175 Å². The molecule has 12 atom stereocenters. The maximum absolute atomic E-state index is 13.3. The first-order valence-electron chi connectivity index (χ1n) is 46.8. The molecular formula is C96H132N12O16S8. The number of likely N-dealkylation sites (tertiary alicyclic amines) is 4. The first-order chi connectivity index (χ1) is 62.8. The molecule has 0 spiro atoms. The SMILES string of the molecule is CC(C)(O)c1ccc(N2CCN(S(=O)(=O)c3cccs3)C[C@@H]2CN2CC3CCC(C2)O3)cc1.CC(C)(O)c1ccc(N2CCN(S(=O)(=O)c3cccs3)C[C@@H]2CN2CC3CCC(C2)O3)cc1.CC(C)(O)c1ccc(N2CCN(S(=O)(=O)c3cccs3)C[C@H]2CN2CC3CCC(C2)O3)cc1.CC(C)(O)c1ccc(N2CCN(S(=O)(=O)c3cccs3)C[C@H]2CN2CC3CCC(C2)O3)cc1. The van der Waals surface area contributed by atoms with Crippen LogP contribution in [0.15, 0.2) is 184 Å². The summed E-state index contributed by atoms with van der Waals surface area (Å²) in [4.78, 5) is 19.2. The quantitative estimate of drug-likeness (QED) is 0.0437. The summed E-state index contributed by atoms with van der Waals surface area (Å²) in [5.74, 6) is 0. The van der Waals surface area contributed by atoms with Gasteiger partial charge in [0.05, 0.1) is 95.4 Å². The summed E-state index contributed by atoms with van der Waals surface area (Å²) in [7, 11) is -13.9. The molecule has 12 aliphatic heterocycles. The van der Waals surface area contributed by atoms with Crippen LogP contribution in [0.5, 0.6) is 0 Å². The molecule has 0 aliphatic carbocycles. The number of ether oxygens (including phenoxy) is 4. The molecule has 132 heavy (non-hydrogen) atoms. The van der Waals surface area contributed by atoms with E-state index in [2.05, 4.69) is 39.2 Å². The topological polar surface area (TPSA) is 293 Å². The molecule has 12 fully saturated rings. The minimum absolute atomic E-state index is 0.0407. The number of sulfonamides is 4. The van der Waals surface area contributed by atoms with E-state index in [1.807, 2.05) is 119 Å². The highest BCUT2D eigenvalue weighted by Crippen LogP contribution is 2.40. The lowest BCUT2D eigenvalue weighted by Gasteiger charge is -2.45. The third kappa shape index (κ3) is 23.0. The van der Waals surface area contributed by atoms with Crippen molar-refractivity contribution in [2.24, 2.45) is 0 Å². The second-order valence-electron chi connectivity index (χ2n) is 39.7. The van der Waals surface area contributed by atoms with Gasteiger partial charge in [-0.05, 0) is 223 Å². The van der Waals surface area contributed by atoms with E-state index >= 15 is 0 Å². The Balaban J connectivity index is 0.000000123.